The van der Waals surface area contributed by atoms with E-state index < -0.39 is 41.0 Å². The van der Waals surface area contributed by atoms with Crippen LogP contribution in [-0.2, 0) is 7.05 Å². The number of carbonyl (C=O) groups excluding carboxylic acids is 1. The van der Waals surface area contributed by atoms with Crippen molar-refractivity contribution in [1.82, 2.24) is 14.3 Å². The van der Waals surface area contributed by atoms with Crippen molar-refractivity contribution >= 4 is 23.2 Å². The molecule has 0 aliphatic rings. The van der Waals surface area contributed by atoms with Crippen molar-refractivity contribution in [2.24, 2.45) is 7.05 Å². The largest absolute Gasteiger partial charge is 0.497 e. The lowest BCUT2D eigenvalue weighted by Crippen LogP contribution is -2.24. The van der Waals surface area contributed by atoms with E-state index in [9.17, 15) is 18.4 Å². The number of aromatic nitrogens is 3. The zero-order valence-corrected chi connectivity index (χ0v) is 21.9. The van der Waals surface area contributed by atoms with Crippen LogP contribution in [0.1, 0.15) is 17.3 Å². The topological polar surface area (TPSA) is 96.6 Å². The lowest BCUT2D eigenvalue weighted by atomic mass is 10.1. The van der Waals surface area contributed by atoms with Crippen molar-refractivity contribution in [1.29, 1.82) is 0 Å². The normalized spacial score (nSPS) is 11.0. The molecule has 0 unspecified atom stereocenters. The molecule has 0 saturated heterocycles. The van der Waals surface area contributed by atoms with Gasteiger partial charge in [0.15, 0.2) is 5.82 Å². The first kappa shape index (κ1) is 28.5. The third kappa shape index (κ3) is 5.59. The number of ether oxygens (including phenoxy) is 3. The Bertz CT molecular complexity index is 1600. The van der Waals surface area contributed by atoms with Crippen molar-refractivity contribution in [3.05, 3.63) is 81.1 Å². The van der Waals surface area contributed by atoms with Crippen molar-refractivity contribution in [3.63, 3.8) is 0 Å². The average Bonchev–Trinajstić information content (AvgIpc) is 3.13. The number of nitrogens with zero attached hydrogens (tertiary/aromatic N) is 3. The van der Waals surface area contributed by atoms with Crippen LogP contribution in [0.4, 0.5) is 23.2 Å². The number of methoxy groups -OCH3 is 1. The van der Waals surface area contributed by atoms with E-state index in [-0.39, 0.29) is 46.1 Å². The molecule has 0 spiro atoms. The zero-order valence-electron chi connectivity index (χ0n) is 21.2. The molecule has 210 valence electrons. The van der Waals surface area contributed by atoms with E-state index in [1.54, 1.807) is 6.92 Å². The van der Waals surface area contributed by atoms with Crippen LogP contribution in [0.3, 0.4) is 0 Å². The smallest absolute Gasteiger partial charge is 0.387 e. The standard InChI is InChI=1S/C26H21ClF4N4O5/c1-4-39-19-10-9-16(27)23(32-19)35-25(37)21(33-24(36)13-5-7-14(8-6-13)40-26(30)31)22(34(35)2)20-17(28)11-15(38-3)12-18(20)29/h5-12,26H,4H2,1-3H3,(H,33,36). The summed E-state index contributed by atoms with van der Waals surface area (Å²) in [6.45, 7) is -1.09. The Morgan fingerprint density at radius 3 is 2.30 bits per heavy atom. The summed E-state index contributed by atoms with van der Waals surface area (Å²) in [6, 6.07) is 9.30. The quantitative estimate of drug-likeness (QED) is 0.265. The molecule has 0 radical (unpaired) electrons. The molecule has 1 amide bonds. The lowest BCUT2D eigenvalue weighted by molar-refractivity contribution is -0.0498. The molecule has 2 heterocycles. The zero-order chi connectivity index (χ0) is 29.1. The number of carbonyl (C=O) groups is 1. The summed E-state index contributed by atoms with van der Waals surface area (Å²) in [5.41, 5.74) is -2.50. The molecule has 0 atom stereocenters. The number of alkyl halides is 2. The van der Waals surface area contributed by atoms with Gasteiger partial charge < -0.3 is 19.5 Å². The molecule has 2 aromatic heterocycles. The highest BCUT2D eigenvalue weighted by Gasteiger charge is 2.29. The van der Waals surface area contributed by atoms with Gasteiger partial charge in [0.05, 0.1) is 24.3 Å². The molecular weight excluding hydrogens is 560 g/mol. The van der Waals surface area contributed by atoms with Crippen LogP contribution in [-0.4, -0.2) is 40.6 Å². The minimum Gasteiger partial charge on any atom is -0.497 e. The maximum absolute atomic E-state index is 15.2. The molecule has 40 heavy (non-hydrogen) atoms. The summed E-state index contributed by atoms with van der Waals surface area (Å²) in [6.07, 6.45) is 0. The van der Waals surface area contributed by atoms with Gasteiger partial charge in [0.2, 0.25) is 5.88 Å². The van der Waals surface area contributed by atoms with Gasteiger partial charge in [0.1, 0.15) is 34.5 Å². The van der Waals surface area contributed by atoms with Crippen molar-refractivity contribution < 1.29 is 36.6 Å². The Hall–Kier alpha value is -4.52. The van der Waals surface area contributed by atoms with Gasteiger partial charge in [-0.1, -0.05) is 11.6 Å². The van der Waals surface area contributed by atoms with E-state index in [1.165, 1.54) is 38.4 Å². The number of hydrogen-bond acceptors (Lipinski definition) is 6. The molecule has 0 fully saturated rings. The monoisotopic (exact) mass is 580 g/mol. The summed E-state index contributed by atoms with van der Waals surface area (Å²) in [7, 11) is 2.54. The molecular formula is C26H21ClF4N4O5. The van der Waals surface area contributed by atoms with E-state index in [1.807, 2.05) is 0 Å². The molecule has 4 rings (SSSR count). The van der Waals surface area contributed by atoms with Crippen molar-refractivity contribution in [2.75, 3.05) is 19.0 Å². The predicted octanol–water partition coefficient (Wildman–Crippen LogP) is 5.43. The summed E-state index contributed by atoms with van der Waals surface area (Å²) >= 11 is 6.33. The van der Waals surface area contributed by atoms with Gasteiger partial charge in [0, 0.05) is 30.8 Å². The number of halogens is 5. The Labute approximate surface area is 229 Å². The highest BCUT2D eigenvalue weighted by atomic mass is 35.5. The predicted molar refractivity (Wildman–Crippen MR) is 138 cm³/mol. The van der Waals surface area contributed by atoms with E-state index in [2.05, 4.69) is 15.0 Å². The van der Waals surface area contributed by atoms with Crippen molar-refractivity contribution in [2.45, 2.75) is 13.5 Å². The molecule has 0 bridgehead atoms. The molecule has 0 aliphatic carbocycles. The second-order valence-corrected chi connectivity index (χ2v) is 8.48. The van der Waals surface area contributed by atoms with Gasteiger partial charge in [-0.25, -0.2) is 8.78 Å². The van der Waals surface area contributed by atoms with Crippen LogP contribution >= 0.6 is 11.6 Å². The summed E-state index contributed by atoms with van der Waals surface area (Å²) in [5.74, 6) is -3.39. The Morgan fingerprint density at radius 1 is 1.07 bits per heavy atom. The van der Waals surface area contributed by atoms with E-state index in [0.717, 1.165) is 33.6 Å². The Kier molecular flexibility index (Phi) is 8.33. The number of rotatable bonds is 9. The van der Waals surface area contributed by atoms with Gasteiger partial charge in [-0.3, -0.25) is 14.3 Å². The van der Waals surface area contributed by atoms with Crippen LogP contribution < -0.4 is 25.1 Å². The first-order valence-electron chi connectivity index (χ1n) is 11.6. The second-order valence-electron chi connectivity index (χ2n) is 8.08. The summed E-state index contributed by atoms with van der Waals surface area (Å²) in [4.78, 5) is 31.0. The highest BCUT2D eigenvalue weighted by Crippen LogP contribution is 2.35. The number of benzene rings is 2. The SMILES string of the molecule is CCOc1ccc(Cl)c(-n2c(=O)c(NC(=O)c3ccc(OC(F)F)cc3)c(-c3c(F)cc(OC)cc3F)n2C)n1. The fraction of sp³-hybridized carbons (Fsp3) is 0.192. The Balaban J connectivity index is 1.90. The molecule has 9 nitrogen and oxygen atoms in total. The number of pyridine rings is 1. The van der Waals surface area contributed by atoms with Crippen LogP contribution in [0.25, 0.3) is 17.1 Å². The Morgan fingerprint density at radius 2 is 1.73 bits per heavy atom. The van der Waals surface area contributed by atoms with E-state index >= 15 is 8.78 Å². The highest BCUT2D eigenvalue weighted by molar-refractivity contribution is 6.32. The van der Waals surface area contributed by atoms with E-state index in [4.69, 9.17) is 21.1 Å². The fourth-order valence-electron chi connectivity index (χ4n) is 3.90. The number of hydrogen-bond donors (Lipinski definition) is 1. The molecule has 0 aliphatic heterocycles. The second kappa shape index (κ2) is 11.7. The molecule has 14 heteroatoms. The van der Waals surface area contributed by atoms with Crippen LogP contribution in [0.2, 0.25) is 5.02 Å². The van der Waals surface area contributed by atoms with Gasteiger partial charge in [-0.15, -0.1) is 0 Å². The third-order valence-electron chi connectivity index (χ3n) is 5.63. The fourth-order valence-corrected chi connectivity index (χ4v) is 4.09. The van der Waals surface area contributed by atoms with Gasteiger partial charge >= 0.3 is 6.61 Å². The first-order chi connectivity index (χ1) is 19.0. The maximum Gasteiger partial charge on any atom is 0.387 e. The van der Waals surface area contributed by atoms with Crippen LogP contribution in [0, 0.1) is 11.6 Å². The third-order valence-corrected chi connectivity index (χ3v) is 5.92. The number of amides is 1. The minimum absolute atomic E-state index is 0.000809. The minimum atomic E-state index is -3.07. The number of nitrogens with one attached hydrogen (secondary N) is 1. The van der Waals surface area contributed by atoms with Gasteiger partial charge in [-0.05, 0) is 37.3 Å². The first-order valence-corrected chi connectivity index (χ1v) is 11.9. The van der Waals surface area contributed by atoms with Crippen molar-refractivity contribution in [3.8, 4) is 34.5 Å². The van der Waals surface area contributed by atoms with Crippen LogP contribution in [0.5, 0.6) is 17.4 Å². The maximum atomic E-state index is 15.2. The lowest BCUT2D eigenvalue weighted by Gasteiger charge is -2.14. The van der Waals surface area contributed by atoms with Gasteiger partial charge in [-0.2, -0.15) is 18.4 Å². The molecule has 2 aromatic carbocycles. The molecule has 1 N–H and O–H groups in total. The van der Waals surface area contributed by atoms with Gasteiger partial charge in [0.25, 0.3) is 11.5 Å². The van der Waals surface area contributed by atoms with Crippen LogP contribution in [0.15, 0.2) is 53.3 Å². The molecule has 4 aromatic rings. The molecule has 0 saturated carbocycles. The summed E-state index contributed by atoms with van der Waals surface area (Å²) < 4.78 is 72.0. The summed E-state index contributed by atoms with van der Waals surface area (Å²) in [5, 5.41) is 2.38. The average molecular weight is 581 g/mol. The van der Waals surface area contributed by atoms with E-state index in [0.29, 0.717) is 0 Å². The number of anilines is 1.